The molecular formula is C27H30N2O4S. The minimum Gasteiger partial charge on any atom is -0.491 e. The molecule has 6 nitrogen and oxygen atoms in total. The molecule has 0 saturated carbocycles. The topological polar surface area (TPSA) is 75.7 Å². The van der Waals surface area contributed by atoms with Gasteiger partial charge in [-0.15, -0.1) is 0 Å². The van der Waals surface area contributed by atoms with E-state index in [1.54, 1.807) is 0 Å². The molecule has 3 aromatic rings. The number of amides is 1. The Balaban J connectivity index is 1.29. The molecule has 1 amide bonds. The van der Waals surface area contributed by atoms with Crippen LogP contribution in [0.25, 0.3) is 0 Å². The van der Waals surface area contributed by atoms with E-state index in [4.69, 9.17) is 4.74 Å². The van der Waals surface area contributed by atoms with Crippen molar-refractivity contribution in [1.82, 2.24) is 4.31 Å². The second-order valence-electron chi connectivity index (χ2n) is 8.48. The molecule has 1 heterocycles. The average molecular weight is 479 g/mol. The first-order valence-electron chi connectivity index (χ1n) is 11.6. The van der Waals surface area contributed by atoms with Crippen molar-refractivity contribution < 1.29 is 17.9 Å². The maximum atomic E-state index is 12.9. The minimum atomic E-state index is -3.40. The number of rotatable bonds is 9. The number of hydrogen-bond acceptors (Lipinski definition) is 4. The molecule has 0 spiro atoms. The zero-order chi connectivity index (χ0) is 23.8. The molecule has 1 N–H and O–H groups in total. The number of sulfonamides is 1. The molecule has 1 aliphatic rings. The van der Waals surface area contributed by atoms with Gasteiger partial charge in [-0.25, -0.2) is 12.7 Å². The lowest BCUT2D eigenvalue weighted by Crippen LogP contribution is -2.41. The summed E-state index contributed by atoms with van der Waals surface area (Å²) in [7, 11) is -3.40. The third-order valence-corrected chi connectivity index (χ3v) is 7.90. The summed E-state index contributed by atoms with van der Waals surface area (Å²) < 4.78 is 33.0. The van der Waals surface area contributed by atoms with E-state index < -0.39 is 10.0 Å². The largest absolute Gasteiger partial charge is 0.491 e. The van der Waals surface area contributed by atoms with Gasteiger partial charge in [0.15, 0.2) is 0 Å². The summed E-state index contributed by atoms with van der Waals surface area (Å²) in [5.74, 6) is 0.285. The van der Waals surface area contributed by atoms with Gasteiger partial charge < -0.3 is 10.1 Å². The number of anilines is 1. The summed E-state index contributed by atoms with van der Waals surface area (Å²) >= 11 is 0. The van der Waals surface area contributed by atoms with Crippen LogP contribution in [-0.4, -0.2) is 38.3 Å². The average Bonchev–Trinajstić information content (AvgIpc) is 2.86. The van der Waals surface area contributed by atoms with Crippen molar-refractivity contribution in [3.63, 3.8) is 0 Å². The van der Waals surface area contributed by atoms with Gasteiger partial charge in [0, 0.05) is 25.4 Å². The lowest BCUT2D eigenvalue weighted by molar-refractivity contribution is -0.120. The Morgan fingerprint density at radius 1 is 0.853 bits per heavy atom. The monoisotopic (exact) mass is 478 g/mol. The van der Waals surface area contributed by atoms with Crippen molar-refractivity contribution in [2.45, 2.75) is 25.0 Å². The van der Waals surface area contributed by atoms with Crippen LogP contribution < -0.4 is 10.1 Å². The number of benzene rings is 3. The highest BCUT2D eigenvalue weighted by atomic mass is 32.2. The Morgan fingerprint density at radius 2 is 1.44 bits per heavy atom. The number of para-hydroxylation sites is 2. The van der Waals surface area contributed by atoms with Crippen molar-refractivity contribution in [2.24, 2.45) is 5.92 Å². The molecule has 178 valence electrons. The molecule has 1 fully saturated rings. The van der Waals surface area contributed by atoms with E-state index in [2.05, 4.69) is 17.4 Å². The SMILES string of the molecule is O=C(Nc1ccccc1OCCc1ccccc1)C1CCN(S(=O)(=O)Cc2ccccc2)CC1. The standard InChI is InChI=1S/C27H30N2O4S/c30-27(24-15-18-29(19-16-24)34(31,32)21-23-11-5-2-6-12-23)28-25-13-7-8-14-26(25)33-20-17-22-9-3-1-4-10-22/h1-14,24H,15-21H2,(H,28,30). The molecule has 0 unspecified atom stereocenters. The van der Waals surface area contributed by atoms with Crippen LogP contribution in [0, 0.1) is 5.92 Å². The van der Waals surface area contributed by atoms with E-state index >= 15 is 0 Å². The first-order chi connectivity index (χ1) is 16.5. The molecule has 1 aliphatic heterocycles. The van der Waals surface area contributed by atoms with Crippen molar-refractivity contribution in [3.05, 3.63) is 96.1 Å². The summed E-state index contributed by atoms with van der Waals surface area (Å²) in [6.45, 7) is 1.21. The van der Waals surface area contributed by atoms with Crippen LogP contribution in [0.2, 0.25) is 0 Å². The third-order valence-electron chi connectivity index (χ3n) is 6.05. The molecule has 0 radical (unpaired) electrons. The number of nitrogens with one attached hydrogen (secondary N) is 1. The Labute approximate surface area is 201 Å². The molecule has 3 aromatic carbocycles. The van der Waals surface area contributed by atoms with Crippen molar-refractivity contribution in [2.75, 3.05) is 25.0 Å². The fourth-order valence-corrected chi connectivity index (χ4v) is 5.69. The zero-order valence-corrected chi connectivity index (χ0v) is 19.9. The second kappa shape index (κ2) is 11.3. The number of carbonyl (C=O) groups is 1. The fraction of sp³-hybridized carbons (Fsp3) is 0.296. The van der Waals surface area contributed by atoms with Gasteiger partial charge in [-0.05, 0) is 36.1 Å². The van der Waals surface area contributed by atoms with Gasteiger partial charge in [-0.3, -0.25) is 4.79 Å². The Morgan fingerprint density at radius 3 is 2.12 bits per heavy atom. The van der Waals surface area contributed by atoms with E-state index in [-0.39, 0.29) is 17.6 Å². The highest BCUT2D eigenvalue weighted by Crippen LogP contribution is 2.27. The maximum Gasteiger partial charge on any atom is 0.227 e. The van der Waals surface area contributed by atoms with Crippen molar-refractivity contribution in [1.29, 1.82) is 0 Å². The third kappa shape index (κ3) is 6.46. The number of hydrogen-bond donors (Lipinski definition) is 1. The van der Waals surface area contributed by atoms with Gasteiger partial charge in [-0.1, -0.05) is 72.8 Å². The summed E-state index contributed by atoms with van der Waals surface area (Å²) in [4.78, 5) is 12.9. The molecule has 7 heteroatoms. The van der Waals surface area contributed by atoms with Crippen LogP contribution >= 0.6 is 0 Å². The molecule has 0 bridgehead atoms. The van der Waals surface area contributed by atoms with E-state index in [9.17, 15) is 13.2 Å². The second-order valence-corrected chi connectivity index (χ2v) is 10.5. The Bertz CT molecular complexity index is 1180. The van der Waals surface area contributed by atoms with Gasteiger partial charge in [0.2, 0.25) is 15.9 Å². The minimum absolute atomic E-state index is 0.0155. The fourth-order valence-electron chi connectivity index (χ4n) is 4.13. The lowest BCUT2D eigenvalue weighted by atomic mass is 9.97. The van der Waals surface area contributed by atoms with Gasteiger partial charge in [0.1, 0.15) is 5.75 Å². The predicted octanol–water partition coefficient (Wildman–Crippen LogP) is 4.49. The molecule has 0 atom stereocenters. The van der Waals surface area contributed by atoms with Crippen LogP contribution in [-0.2, 0) is 27.0 Å². The van der Waals surface area contributed by atoms with Gasteiger partial charge >= 0.3 is 0 Å². The first kappa shape index (κ1) is 24.0. The van der Waals surface area contributed by atoms with Gasteiger partial charge in [0.05, 0.1) is 18.0 Å². The zero-order valence-electron chi connectivity index (χ0n) is 19.1. The molecule has 0 aliphatic carbocycles. The summed E-state index contributed by atoms with van der Waals surface area (Å²) in [5.41, 5.74) is 2.60. The van der Waals surface area contributed by atoms with Crippen LogP contribution in [0.1, 0.15) is 24.0 Å². The van der Waals surface area contributed by atoms with Gasteiger partial charge in [-0.2, -0.15) is 0 Å². The molecule has 1 saturated heterocycles. The van der Waals surface area contributed by atoms with Crippen molar-refractivity contribution in [3.8, 4) is 5.75 Å². The Kier molecular flexibility index (Phi) is 7.98. The molecule has 0 aromatic heterocycles. The highest BCUT2D eigenvalue weighted by molar-refractivity contribution is 7.88. The number of carbonyl (C=O) groups excluding carboxylic acids is 1. The van der Waals surface area contributed by atoms with Crippen LogP contribution in [0.15, 0.2) is 84.9 Å². The Hall–Kier alpha value is -3.16. The van der Waals surface area contributed by atoms with Crippen molar-refractivity contribution >= 4 is 21.6 Å². The highest BCUT2D eigenvalue weighted by Gasteiger charge is 2.31. The van der Waals surface area contributed by atoms with Gasteiger partial charge in [0.25, 0.3) is 0 Å². The molecular weight excluding hydrogens is 448 g/mol. The molecule has 4 rings (SSSR count). The summed E-state index contributed by atoms with van der Waals surface area (Å²) in [6.07, 6.45) is 1.77. The van der Waals surface area contributed by atoms with Crippen LogP contribution in [0.5, 0.6) is 5.75 Å². The first-order valence-corrected chi connectivity index (χ1v) is 13.2. The maximum absolute atomic E-state index is 12.9. The van der Waals surface area contributed by atoms with E-state index in [1.807, 2.05) is 72.8 Å². The van der Waals surface area contributed by atoms with E-state index in [0.29, 0.717) is 44.0 Å². The summed E-state index contributed by atoms with van der Waals surface area (Å²) in [6, 6.07) is 26.7. The smallest absolute Gasteiger partial charge is 0.227 e. The number of piperidine rings is 1. The van der Waals surface area contributed by atoms with E-state index in [0.717, 1.165) is 12.0 Å². The quantitative estimate of drug-likeness (QED) is 0.492. The number of nitrogens with zero attached hydrogens (tertiary/aromatic N) is 1. The summed E-state index contributed by atoms with van der Waals surface area (Å²) in [5, 5.41) is 2.99. The van der Waals surface area contributed by atoms with Crippen LogP contribution in [0.4, 0.5) is 5.69 Å². The number of ether oxygens (including phenoxy) is 1. The lowest BCUT2D eigenvalue weighted by Gasteiger charge is -2.30. The van der Waals surface area contributed by atoms with E-state index in [1.165, 1.54) is 9.87 Å². The van der Waals surface area contributed by atoms with Crippen LogP contribution in [0.3, 0.4) is 0 Å². The normalized spacial score (nSPS) is 15.1. The predicted molar refractivity (Wildman–Crippen MR) is 134 cm³/mol. The molecule has 34 heavy (non-hydrogen) atoms.